The quantitative estimate of drug-likeness (QED) is 0.615. The molecule has 20 heavy (non-hydrogen) atoms. The molecule has 0 fully saturated rings. The van der Waals surface area contributed by atoms with E-state index in [4.69, 9.17) is 14.6 Å². The molecule has 0 heterocycles. The van der Waals surface area contributed by atoms with E-state index in [1.807, 2.05) is 0 Å². The summed E-state index contributed by atoms with van der Waals surface area (Å²) in [6.07, 6.45) is -1.43. The van der Waals surface area contributed by atoms with Gasteiger partial charge in [-0.3, -0.25) is 4.79 Å². The van der Waals surface area contributed by atoms with Gasteiger partial charge in [-0.1, -0.05) is 0 Å². The molecule has 0 aliphatic carbocycles. The third-order valence-corrected chi connectivity index (χ3v) is 2.39. The van der Waals surface area contributed by atoms with Crippen LogP contribution < -0.4 is 0 Å². The highest BCUT2D eigenvalue weighted by Gasteiger charge is 2.28. The summed E-state index contributed by atoms with van der Waals surface area (Å²) in [6, 6.07) is 1.15. The first-order valence-electron chi connectivity index (χ1n) is 5.92. The zero-order valence-electron chi connectivity index (χ0n) is 11.0. The first-order chi connectivity index (χ1) is 9.42. The van der Waals surface area contributed by atoms with Gasteiger partial charge < -0.3 is 14.6 Å². The third kappa shape index (κ3) is 3.58. The molecule has 1 N–H and O–H groups in total. The van der Waals surface area contributed by atoms with E-state index in [2.05, 4.69) is 0 Å². The van der Waals surface area contributed by atoms with Crippen LogP contribution >= 0.6 is 0 Å². The third-order valence-electron chi connectivity index (χ3n) is 2.39. The lowest BCUT2D eigenvalue weighted by Gasteiger charge is -2.16. The predicted octanol–water partition coefficient (Wildman–Crippen LogP) is 2.24. The Kier molecular flexibility index (Phi) is 5.72. The van der Waals surface area contributed by atoms with Crippen LogP contribution in [-0.4, -0.2) is 36.4 Å². The highest BCUT2D eigenvalue weighted by molar-refractivity contribution is 6.00. The first kappa shape index (κ1) is 16.2. The lowest BCUT2D eigenvalue weighted by atomic mass is 10.1. The molecule has 0 saturated heterocycles. The SMILES string of the molecule is CCOC(OCC)C(=O)c1c(F)cc(C(=O)O)cc1F. The minimum Gasteiger partial charge on any atom is -0.478 e. The summed E-state index contributed by atoms with van der Waals surface area (Å²) in [5.41, 5.74) is -1.46. The van der Waals surface area contributed by atoms with Gasteiger partial charge in [-0.15, -0.1) is 0 Å². The van der Waals surface area contributed by atoms with Crippen LogP contribution in [0.5, 0.6) is 0 Å². The maximum Gasteiger partial charge on any atom is 0.335 e. The van der Waals surface area contributed by atoms with Crippen molar-refractivity contribution in [1.29, 1.82) is 0 Å². The van der Waals surface area contributed by atoms with Crippen molar-refractivity contribution in [2.24, 2.45) is 0 Å². The second kappa shape index (κ2) is 7.06. The standard InChI is InChI=1S/C13H14F2O5/c1-3-19-13(20-4-2)11(16)10-8(14)5-7(12(17)18)6-9(10)15/h5-6,13H,3-4H2,1-2H3,(H,17,18). The maximum absolute atomic E-state index is 13.7. The number of hydrogen-bond donors (Lipinski definition) is 1. The molecule has 0 radical (unpaired) electrons. The maximum atomic E-state index is 13.7. The lowest BCUT2D eigenvalue weighted by molar-refractivity contribution is -0.107. The van der Waals surface area contributed by atoms with Gasteiger partial charge in [-0.25, -0.2) is 13.6 Å². The molecule has 0 aliphatic rings. The van der Waals surface area contributed by atoms with Crippen LogP contribution in [0.15, 0.2) is 12.1 Å². The second-order valence-corrected chi connectivity index (χ2v) is 3.73. The van der Waals surface area contributed by atoms with Gasteiger partial charge in [0.2, 0.25) is 12.1 Å². The van der Waals surface area contributed by atoms with Crippen molar-refractivity contribution in [2.75, 3.05) is 13.2 Å². The van der Waals surface area contributed by atoms with E-state index in [-0.39, 0.29) is 13.2 Å². The molecule has 110 valence electrons. The smallest absolute Gasteiger partial charge is 0.335 e. The van der Waals surface area contributed by atoms with E-state index < -0.39 is 40.8 Å². The number of ketones is 1. The van der Waals surface area contributed by atoms with Crippen LogP contribution in [-0.2, 0) is 9.47 Å². The van der Waals surface area contributed by atoms with Crippen molar-refractivity contribution in [3.63, 3.8) is 0 Å². The molecule has 5 nitrogen and oxygen atoms in total. The van der Waals surface area contributed by atoms with Gasteiger partial charge in [0.05, 0.1) is 11.1 Å². The Hall–Kier alpha value is -1.86. The molecule has 1 aromatic rings. The summed E-state index contributed by atoms with van der Waals surface area (Å²) >= 11 is 0. The number of rotatable bonds is 7. The van der Waals surface area contributed by atoms with Crippen LogP contribution in [0.25, 0.3) is 0 Å². The van der Waals surface area contributed by atoms with Crippen LogP contribution in [0.2, 0.25) is 0 Å². The molecule has 0 saturated carbocycles. The molecule has 0 spiro atoms. The number of carbonyl (C=O) groups is 2. The lowest BCUT2D eigenvalue weighted by Crippen LogP contribution is -2.29. The Bertz CT molecular complexity index is 486. The highest BCUT2D eigenvalue weighted by atomic mass is 19.1. The Morgan fingerprint density at radius 2 is 1.60 bits per heavy atom. The highest BCUT2D eigenvalue weighted by Crippen LogP contribution is 2.19. The van der Waals surface area contributed by atoms with Crippen molar-refractivity contribution in [3.05, 3.63) is 34.9 Å². The number of benzene rings is 1. The molecule has 0 aliphatic heterocycles. The summed E-state index contributed by atoms with van der Waals surface area (Å²) in [6.45, 7) is 3.43. The van der Waals surface area contributed by atoms with E-state index in [0.29, 0.717) is 12.1 Å². The zero-order valence-corrected chi connectivity index (χ0v) is 11.0. The number of Topliss-reactive ketones (excluding diaryl/α,β-unsaturated/α-hetero) is 1. The Labute approximate surface area is 114 Å². The van der Waals surface area contributed by atoms with Gasteiger partial charge in [0.25, 0.3) is 0 Å². The van der Waals surface area contributed by atoms with Crippen LogP contribution in [0.3, 0.4) is 0 Å². The fourth-order valence-electron chi connectivity index (χ4n) is 1.55. The number of aromatic carboxylic acids is 1. The average molecular weight is 288 g/mol. The number of carboxylic acid groups (broad SMARTS) is 1. The average Bonchev–Trinajstić information content (AvgIpc) is 2.37. The summed E-state index contributed by atoms with van der Waals surface area (Å²) in [4.78, 5) is 22.6. The van der Waals surface area contributed by atoms with Crippen molar-refractivity contribution in [1.82, 2.24) is 0 Å². The molecule has 0 atom stereocenters. The van der Waals surface area contributed by atoms with Crippen molar-refractivity contribution in [3.8, 4) is 0 Å². The zero-order chi connectivity index (χ0) is 15.3. The topological polar surface area (TPSA) is 72.8 Å². The molecular weight excluding hydrogens is 274 g/mol. The number of ether oxygens (including phenoxy) is 2. The van der Waals surface area contributed by atoms with Gasteiger partial charge in [0.15, 0.2) is 0 Å². The molecule has 0 unspecified atom stereocenters. The fourth-order valence-corrected chi connectivity index (χ4v) is 1.55. The Balaban J connectivity index is 3.18. The molecule has 7 heteroatoms. The van der Waals surface area contributed by atoms with E-state index in [1.54, 1.807) is 13.8 Å². The molecule has 0 amide bonds. The van der Waals surface area contributed by atoms with Gasteiger partial charge in [0.1, 0.15) is 11.6 Å². The molecule has 0 bridgehead atoms. The largest absolute Gasteiger partial charge is 0.478 e. The van der Waals surface area contributed by atoms with E-state index in [9.17, 15) is 18.4 Å². The minimum atomic E-state index is -1.49. The monoisotopic (exact) mass is 288 g/mol. The van der Waals surface area contributed by atoms with Crippen molar-refractivity contribution >= 4 is 11.8 Å². The van der Waals surface area contributed by atoms with E-state index in [1.165, 1.54) is 0 Å². The van der Waals surface area contributed by atoms with E-state index in [0.717, 1.165) is 0 Å². The number of carboxylic acids is 1. The Morgan fingerprint density at radius 1 is 1.15 bits per heavy atom. The predicted molar refractivity (Wildman–Crippen MR) is 64.7 cm³/mol. The van der Waals surface area contributed by atoms with Gasteiger partial charge in [-0.05, 0) is 26.0 Å². The van der Waals surface area contributed by atoms with Crippen molar-refractivity contribution < 1.29 is 33.0 Å². The minimum absolute atomic E-state index is 0.118. The molecule has 1 rings (SSSR count). The van der Waals surface area contributed by atoms with Crippen LogP contribution in [0.1, 0.15) is 34.6 Å². The summed E-state index contributed by atoms with van der Waals surface area (Å²) in [5, 5.41) is 8.67. The molecular formula is C13H14F2O5. The summed E-state index contributed by atoms with van der Waals surface area (Å²) in [7, 11) is 0. The summed E-state index contributed by atoms with van der Waals surface area (Å²) in [5.74, 6) is -5.05. The number of hydrogen-bond acceptors (Lipinski definition) is 4. The summed E-state index contributed by atoms with van der Waals surface area (Å²) < 4.78 is 37.4. The Morgan fingerprint density at radius 3 is 1.95 bits per heavy atom. The van der Waals surface area contributed by atoms with Gasteiger partial charge >= 0.3 is 5.97 Å². The molecule has 1 aromatic carbocycles. The van der Waals surface area contributed by atoms with Crippen molar-refractivity contribution in [2.45, 2.75) is 20.1 Å². The van der Waals surface area contributed by atoms with Gasteiger partial charge in [-0.2, -0.15) is 0 Å². The first-order valence-corrected chi connectivity index (χ1v) is 5.92. The normalized spacial score (nSPS) is 10.8. The molecule has 0 aromatic heterocycles. The fraction of sp³-hybridized carbons (Fsp3) is 0.385. The van der Waals surface area contributed by atoms with Gasteiger partial charge in [0, 0.05) is 13.2 Å². The van der Waals surface area contributed by atoms with Crippen LogP contribution in [0.4, 0.5) is 8.78 Å². The van der Waals surface area contributed by atoms with E-state index >= 15 is 0 Å². The number of halogens is 2. The second-order valence-electron chi connectivity index (χ2n) is 3.73. The van der Waals surface area contributed by atoms with Crippen LogP contribution in [0, 0.1) is 11.6 Å². The number of carbonyl (C=O) groups excluding carboxylic acids is 1.